The van der Waals surface area contributed by atoms with Crippen LogP contribution in [-0.4, -0.2) is 68.2 Å². The zero-order valence-electron chi connectivity index (χ0n) is 14.8. The number of esters is 3. The minimum absolute atomic E-state index is 0.0275. The number of carbonyl (C=O) groups excluding carboxylic acids is 4. The summed E-state index contributed by atoms with van der Waals surface area (Å²) >= 11 is 0. The maximum absolute atomic E-state index is 11.5. The molecule has 1 heterocycles. The molecule has 5 atom stereocenters. The standard InChI is InChI=1S/C15H23NO9/c1-7(17)16-12-14(23-9(3)19)13(22-8(2)18)11(6-21-5)25-15(12)24-10(4)20/h11-15H,6H2,1-5H3,(H,16,17). The van der Waals surface area contributed by atoms with E-state index in [0.29, 0.717) is 0 Å². The second-order valence-corrected chi connectivity index (χ2v) is 5.48. The number of hydrogen-bond donors (Lipinski definition) is 1. The number of hydrogen-bond acceptors (Lipinski definition) is 9. The third-order valence-electron chi connectivity index (χ3n) is 3.23. The molecule has 1 fully saturated rings. The summed E-state index contributed by atoms with van der Waals surface area (Å²) in [7, 11) is 1.40. The van der Waals surface area contributed by atoms with Crippen molar-refractivity contribution in [2.24, 2.45) is 0 Å². The van der Waals surface area contributed by atoms with Crippen molar-refractivity contribution in [2.75, 3.05) is 13.7 Å². The Hall–Kier alpha value is -2.20. The molecule has 1 saturated heterocycles. The van der Waals surface area contributed by atoms with Crippen LogP contribution in [-0.2, 0) is 42.9 Å². The smallest absolute Gasteiger partial charge is 0.305 e. The Bertz CT molecular complexity index is 521. The van der Waals surface area contributed by atoms with Crippen LogP contribution in [0.2, 0.25) is 0 Å². The van der Waals surface area contributed by atoms with Crippen molar-refractivity contribution in [1.82, 2.24) is 5.32 Å². The minimum atomic E-state index is -1.25. The Labute approximate surface area is 145 Å². The molecule has 142 valence electrons. The van der Waals surface area contributed by atoms with Crippen molar-refractivity contribution in [3.63, 3.8) is 0 Å². The van der Waals surface area contributed by atoms with Crippen molar-refractivity contribution in [2.45, 2.75) is 58.3 Å². The molecule has 1 rings (SSSR count). The summed E-state index contributed by atoms with van der Waals surface area (Å²) in [5, 5.41) is 2.51. The molecule has 0 saturated carbocycles. The van der Waals surface area contributed by atoms with Gasteiger partial charge in [0.25, 0.3) is 0 Å². The molecular weight excluding hydrogens is 338 g/mol. The lowest BCUT2D eigenvalue weighted by Gasteiger charge is -2.44. The first-order valence-electron chi connectivity index (χ1n) is 7.58. The summed E-state index contributed by atoms with van der Waals surface area (Å²) in [6.07, 6.45) is -4.33. The third kappa shape index (κ3) is 6.31. The molecule has 1 aliphatic rings. The zero-order chi connectivity index (χ0) is 19.1. The molecule has 0 aromatic rings. The van der Waals surface area contributed by atoms with Crippen LogP contribution in [0, 0.1) is 0 Å². The monoisotopic (exact) mass is 361 g/mol. The van der Waals surface area contributed by atoms with E-state index in [4.69, 9.17) is 23.7 Å². The molecule has 10 nitrogen and oxygen atoms in total. The fourth-order valence-corrected chi connectivity index (χ4v) is 2.52. The summed E-state index contributed by atoms with van der Waals surface area (Å²) in [5.74, 6) is -2.45. The second-order valence-electron chi connectivity index (χ2n) is 5.48. The van der Waals surface area contributed by atoms with Gasteiger partial charge < -0.3 is 29.0 Å². The summed E-state index contributed by atoms with van der Waals surface area (Å²) in [4.78, 5) is 45.8. The predicted octanol–water partition coefficient (Wildman–Crippen LogP) is -0.711. The lowest BCUT2D eigenvalue weighted by atomic mass is 9.96. The summed E-state index contributed by atoms with van der Waals surface area (Å²) in [6, 6.07) is -1.07. The lowest BCUT2D eigenvalue weighted by molar-refractivity contribution is -0.270. The molecule has 25 heavy (non-hydrogen) atoms. The number of ether oxygens (including phenoxy) is 5. The van der Waals surface area contributed by atoms with E-state index in [-0.39, 0.29) is 6.61 Å². The van der Waals surface area contributed by atoms with Gasteiger partial charge in [0.1, 0.15) is 12.1 Å². The highest BCUT2D eigenvalue weighted by Crippen LogP contribution is 2.27. The quantitative estimate of drug-likeness (QED) is 0.482. The summed E-state index contributed by atoms with van der Waals surface area (Å²) < 4.78 is 26.2. The highest BCUT2D eigenvalue weighted by Gasteiger charge is 2.51. The molecule has 0 radical (unpaired) electrons. The van der Waals surface area contributed by atoms with Gasteiger partial charge in [-0.3, -0.25) is 19.2 Å². The zero-order valence-corrected chi connectivity index (χ0v) is 14.8. The van der Waals surface area contributed by atoms with Gasteiger partial charge >= 0.3 is 17.9 Å². The molecule has 0 aliphatic carbocycles. The average Bonchev–Trinajstić information content (AvgIpc) is 2.45. The minimum Gasteiger partial charge on any atom is -0.456 e. The van der Waals surface area contributed by atoms with Crippen LogP contribution in [0.15, 0.2) is 0 Å². The molecule has 1 N–H and O–H groups in total. The fourth-order valence-electron chi connectivity index (χ4n) is 2.52. The number of carbonyl (C=O) groups is 4. The number of methoxy groups -OCH3 is 1. The van der Waals surface area contributed by atoms with E-state index in [1.54, 1.807) is 0 Å². The normalized spacial score (nSPS) is 28.6. The molecule has 10 heteroatoms. The Morgan fingerprint density at radius 2 is 1.40 bits per heavy atom. The van der Waals surface area contributed by atoms with Gasteiger partial charge in [0.05, 0.1) is 6.61 Å². The fraction of sp³-hybridized carbons (Fsp3) is 0.733. The molecule has 1 aliphatic heterocycles. The third-order valence-corrected chi connectivity index (χ3v) is 3.23. The van der Waals surface area contributed by atoms with Crippen LogP contribution in [0.4, 0.5) is 0 Å². The topological polar surface area (TPSA) is 126 Å². The second kappa shape index (κ2) is 9.33. The largest absolute Gasteiger partial charge is 0.456 e. The first kappa shape index (κ1) is 20.8. The first-order valence-corrected chi connectivity index (χ1v) is 7.58. The van der Waals surface area contributed by atoms with Crippen LogP contribution in [0.25, 0.3) is 0 Å². The van der Waals surface area contributed by atoms with Gasteiger partial charge in [0.15, 0.2) is 12.2 Å². The van der Waals surface area contributed by atoms with E-state index < -0.39 is 54.5 Å². The van der Waals surface area contributed by atoms with E-state index in [1.165, 1.54) is 27.9 Å². The summed E-state index contributed by atoms with van der Waals surface area (Å²) in [6.45, 7) is 4.72. The maximum Gasteiger partial charge on any atom is 0.305 e. The van der Waals surface area contributed by atoms with Crippen LogP contribution < -0.4 is 5.32 Å². The van der Waals surface area contributed by atoms with Gasteiger partial charge in [-0.15, -0.1) is 0 Å². The Morgan fingerprint density at radius 3 is 1.84 bits per heavy atom. The van der Waals surface area contributed by atoms with Crippen LogP contribution in [0.5, 0.6) is 0 Å². The molecular formula is C15H23NO9. The van der Waals surface area contributed by atoms with Crippen molar-refractivity contribution in [1.29, 1.82) is 0 Å². The van der Waals surface area contributed by atoms with Crippen LogP contribution in [0.1, 0.15) is 27.7 Å². The van der Waals surface area contributed by atoms with E-state index in [1.807, 2.05) is 0 Å². The number of nitrogens with one attached hydrogen (secondary N) is 1. The summed E-state index contributed by atoms with van der Waals surface area (Å²) in [5.41, 5.74) is 0. The van der Waals surface area contributed by atoms with Gasteiger partial charge in [0, 0.05) is 34.8 Å². The molecule has 0 aromatic carbocycles. The molecule has 5 unspecified atom stereocenters. The van der Waals surface area contributed by atoms with Gasteiger partial charge in [-0.1, -0.05) is 0 Å². The van der Waals surface area contributed by atoms with Gasteiger partial charge in [-0.25, -0.2) is 0 Å². The van der Waals surface area contributed by atoms with Crippen molar-refractivity contribution in [3.8, 4) is 0 Å². The first-order chi connectivity index (χ1) is 11.6. The predicted molar refractivity (Wildman–Crippen MR) is 81.0 cm³/mol. The SMILES string of the molecule is COCC1OC(OC(C)=O)C(NC(C)=O)C(OC(C)=O)C1OC(C)=O. The Kier molecular flexibility index (Phi) is 7.78. The Morgan fingerprint density at radius 1 is 0.880 bits per heavy atom. The molecule has 1 amide bonds. The van der Waals surface area contributed by atoms with Gasteiger partial charge in [0.2, 0.25) is 12.2 Å². The van der Waals surface area contributed by atoms with Crippen molar-refractivity contribution >= 4 is 23.8 Å². The van der Waals surface area contributed by atoms with Crippen LogP contribution >= 0.6 is 0 Å². The number of amides is 1. The van der Waals surface area contributed by atoms with E-state index in [2.05, 4.69) is 5.32 Å². The molecule has 0 bridgehead atoms. The van der Waals surface area contributed by atoms with E-state index >= 15 is 0 Å². The molecule has 0 spiro atoms. The maximum atomic E-state index is 11.5. The van der Waals surface area contributed by atoms with Crippen LogP contribution in [0.3, 0.4) is 0 Å². The van der Waals surface area contributed by atoms with Crippen molar-refractivity contribution in [3.05, 3.63) is 0 Å². The van der Waals surface area contributed by atoms with Gasteiger partial charge in [-0.2, -0.15) is 0 Å². The van der Waals surface area contributed by atoms with E-state index in [9.17, 15) is 19.2 Å². The number of rotatable bonds is 6. The van der Waals surface area contributed by atoms with Crippen molar-refractivity contribution < 1.29 is 42.9 Å². The highest BCUT2D eigenvalue weighted by atomic mass is 16.7. The van der Waals surface area contributed by atoms with Gasteiger partial charge in [-0.05, 0) is 0 Å². The Balaban J connectivity index is 3.25. The molecule has 0 aromatic heterocycles. The van der Waals surface area contributed by atoms with E-state index in [0.717, 1.165) is 6.92 Å². The lowest BCUT2D eigenvalue weighted by Crippen LogP contribution is -2.66. The average molecular weight is 361 g/mol. The highest BCUT2D eigenvalue weighted by molar-refractivity contribution is 5.74.